The van der Waals surface area contributed by atoms with Gasteiger partial charge >= 0.3 is 0 Å². The predicted octanol–water partition coefficient (Wildman–Crippen LogP) is 2.60. The van der Waals surface area contributed by atoms with E-state index in [0.29, 0.717) is 24.8 Å². The Kier molecular flexibility index (Phi) is 5.17. The monoisotopic (exact) mass is 330 g/mol. The van der Waals surface area contributed by atoms with Gasteiger partial charge in [-0.25, -0.2) is 15.0 Å². The molecule has 1 saturated carbocycles. The number of hydrogen-bond acceptors (Lipinski definition) is 5. The molecule has 2 N–H and O–H groups in total. The van der Waals surface area contributed by atoms with Gasteiger partial charge < -0.3 is 15.2 Å². The molecule has 0 unspecified atom stereocenters. The molecule has 1 fully saturated rings. The lowest BCUT2D eigenvalue weighted by Gasteiger charge is -2.27. The van der Waals surface area contributed by atoms with Crippen molar-refractivity contribution in [3.8, 4) is 0 Å². The van der Waals surface area contributed by atoms with Gasteiger partial charge in [-0.15, -0.1) is 6.58 Å². The van der Waals surface area contributed by atoms with E-state index >= 15 is 0 Å². The Morgan fingerprint density at radius 1 is 1.35 bits per heavy atom. The highest BCUT2D eigenvalue weighted by molar-refractivity contribution is 7.80. The van der Waals surface area contributed by atoms with Crippen LogP contribution < -0.4 is 10.2 Å². The summed E-state index contributed by atoms with van der Waals surface area (Å²) in [7, 11) is 0. The first kappa shape index (κ1) is 15.9. The van der Waals surface area contributed by atoms with Crippen molar-refractivity contribution < 1.29 is 0 Å². The van der Waals surface area contributed by atoms with Crippen LogP contribution >= 0.6 is 12.2 Å². The Morgan fingerprint density at radius 2 is 2.17 bits per heavy atom. The van der Waals surface area contributed by atoms with Crippen LogP contribution in [0.2, 0.25) is 0 Å². The maximum Gasteiger partial charge on any atom is 0.182 e. The molecule has 3 rings (SSSR count). The van der Waals surface area contributed by atoms with Gasteiger partial charge in [-0.3, -0.25) is 0 Å². The Hall–Kier alpha value is -2.02. The van der Waals surface area contributed by atoms with E-state index in [-0.39, 0.29) is 0 Å². The number of anilines is 1. The molecule has 0 amide bonds. The van der Waals surface area contributed by atoms with Crippen molar-refractivity contribution in [3.63, 3.8) is 0 Å². The lowest BCUT2D eigenvalue weighted by atomic mass is 9.95. The molecule has 0 saturated heterocycles. The van der Waals surface area contributed by atoms with Gasteiger partial charge in [0.05, 0.1) is 17.9 Å². The van der Waals surface area contributed by atoms with Gasteiger partial charge in [-0.05, 0) is 12.8 Å². The summed E-state index contributed by atoms with van der Waals surface area (Å²) in [6, 6.07) is 0.513. The summed E-state index contributed by atoms with van der Waals surface area (Å²) >= 11 is 5.57. The van der Waals surface area contributed by atoms with Crippen LogP contribution in [0.4, 0.5) is 5.82 Å². The number of imidazole rings is 1. The van der Waals surface area contributed by atoms with Gasteiger partial charge in [0.2, 0.25) is 0 Å². The van der Waals surface area contributed by atoms with Gasteiger partial charge in [0.15, 0.2) is 11.5 Å². The van der Waals surface area contributed by atoms with Gasteiger partial charge in [0, 0.05) is 12.6 Å². The first-order valence-corrected chi connectivity index (χ1v) is 8.48. The number of nitrogens with one attached hydrogen (secondary N) is 2. The van der Waals surface area contributed by atoms with Crippen molar-refractivity contribution >= 4 is 34.2 Å². The topological polar surface area (TPSA) is 69.7 Å². The van der Waals surface area contributed by atoms with Gasteiger partial charge in [0.25, 0.3) is 0 Å². The van der Waals surface area contributed by atoms with Crippen molar-refractivity contribution in [2.45, 2.75) is 38.1 Å². The molecule has 1 aliphatic rings. The zero-order chi connectivity index (χ0) is 16.1. The molecule has 6 nitrogen and oxygen atoms in total. The van der Waals surface area contributed by atoms with Crippen LogP contribution in [0.5, 0.6) is 0 Å². The van der Waals surface area contributed by atoms with Gasteiger partial charge in [-0.2, -0.15) is 0 Å². The third-order valence-electron chi connectivity index (χ3n) is 4.16. The zero-order valence-corrected chi connectivity index (χ0v) is 14.0. The summed E-state index contributed by atoms with van der Waals surface area (Å²) in [4.78, 5) is 18.8. The summed E-state index contributed by atoms with van der Waals surface area (Å²) in [5.74, 6) is 0.806. The number of fused-ring (bicyclic) bond motifs is 1. The summed E-state index contributed by atoms with van der Waals surface area (Å²) in [6.45, 7) is 5.12. The van der Waals surface area contributed by atoms with E-state index in [1.807, 2.05) is 6.08 Å². The third-order valence-corrected chi connectivity index (χ3v) is 4.40. The SMILES string of the molecule is C=CCN(CC(=S)NC1CCCCC1)c1ncnc2nc[nH]c12. The Morgan fingerprint density at radius 3 is 2.96 bits per heavy atom. The van der Waals surface area contributed by atoms with E-state index in [2.05, 4.69) is 36.7 Å². The van der Waals surface area contributed by atoms with Crippen LogP contribution in [0, 0.1) is 0 Å². The largest absolute Gasteiger partial charge is 0.375 e. The standard InChI is InChI=1S/C16H22N6S/c1-2-8-22(9-13(23)21-12-6-4-3-5-7-12)16-14-15(18-10-17-14)19-11-20-16/h2,10-12H,1,3-9H2,(H,21,23)(H,17,18,19,20). The predicted molar refractivity (Wildman–Crippen MR) is 96.7 cm³/mol. The van der Waals surface area contributed by atoms with E-state index in [9.17, 15) is 0 Å². The Labute approximate surface area is 141 Å². The molecule has 7 heteroatoms. The van der Waals surface area contributed by atoms with E-state index in [4.69, 9.17) is 12.2 Å². The first-order valence-electron chi connectivity index (χ1n) is 8.07. The van der Waals surface area contributed by atoms with Crippen LogP contribution in [0.3, 0.4) is 0 Å². The molecule has 122 valence electrons. The molecule has 0 radical (unpaired) electrons. The smallest absolute Gasteiger partial charge is 0.182 e. The fourth-order valence-electron chi connectivity index (χ4n) is 3.07. The number of hydrogen-bond donors (Lipinski definition) is 2. The van der Waals surface area contributed by atoms with Crippen molar-refractivity contribution in [2.75, 3.05) is 18.0 Å². The van der Waals surface area contributed by atoms with Crippen molar-refractivity contribution in [2.24, 2.45) is 0 Å². The molecule has 23 heavy (non-hydrogen) atoms. The quantitative estimate of drug-likeness (QED) is 0.627. The molecule has 0 bridgehead atoms. The van der Waals surface area contributed by atoms with E-state index in [1.54, 1.807) is 6.33 Å². The highest BCUT2D eigenvalue weighted by atomic mass is 32.1. The highest BCUT2D eigenvalue weighted by Gasteiger charge is 2.18. The lowest BCUT2D eigenvalue weighted by molar-refractivity contribution is 0.414. The van der Waals surface area contributed by atoms with E-state index in [0.717, 1.165) is 16.3 Å². The normalized spacial score (nSPS) is 15.5. The van der Waals surface area contributed by atoms with Crippen LogP contribution in [0.25, 0.3) is 11.2 Å². The second-order valence-corrected chi connectivity index (χ2v) is 6.36. The summed E-state index contributed by atoms with van der Waals surface area (Å²) in [5, 5.41) is 3.51. The van der Waals surface area contributed by atoms with Crippen molar-refractivity contribution in [1.82, 2.24) is 25.3 Å². The van der Waals surface area contributed by atoms with Crippen molar-refractivity contribution in [3.05, 3.63) is 25.3 Å². The average molecular weight is 330 g/mol. The number of nitrogens with zero attached hydrogens (tertiary/aromatic N) is 4. The average Bonchev–Trinajstić information content (AvgIpc) is 3.04. The molecule has 0 spiro atoms. The van der Waals surface area contributed by atoms with Gasteiger partial charge in [-0.1, -0.05) is 37.6 Å². The number of H-pyrrole nitrogens is 1. The molecule has 0 aliphatic heterocycles. The second kappa shape index (κ2) is 7.50. The molecule has 2 aromatic rings. The fourth-order valence-corrected chi connectivity index (χ4v) is 3.39. The highest BCUT2D eigenvalue weighted by Crippen LogP contribution is 2.20. The molecule has 2 aromatic heterocycles. The lowest BCUT2D eigenvalue weighted by Crippen LogP contribution is -2.42. The molecule has 0 atom stereocenters. The molecule has 2 heterocycles. The molecular formula is C16H22N6S. The van der Waals surface area contributed by atoms with Crippen LogP contribution in [0.1, 0.15) is 32.1 Å². The minimum absolute atomic E-state index is 0.513. The van der Waals surface area contributed by atoms with Crippen molar-refractivity contribution in [1.29, 1.82) is 0 Å². The minimum atomic E-state index is 0.513. The number of rotatable bonds is 6. The second-order valence-electron chi connectivity index (χ2n) is 5.87. The van der Waals surface area contributed by atoms with Crippen LogP contribution in [-0.4, -0.2) is 44.1 Å². The molecule has 1 aliphatic carbocycles. The Balaban J connectivity index is 1.72. The first-order chi connectivity index (χ1) is 11.3. The third kappa shape index (κ3) is 3.85. The zero-order valence-electron chi connectivity index (χ0n) is 13.2. The summed E-state index contributed by atoms with van der Waals surface area (Å²) < 4.78 is 0. The number of aromatic nitrogens is 4. The Bertz CT molecular complexity index is 676. The summed E-state index contributed by atoms with van der Waals surface area (Å²) in [5.41, 5.74) is 1.49. The molecule has 0 aromatic carbocycles. The van der Waals surface area contributed by atoms with E-state index < -0.39 is 0 Å². The maximum atomic E-state index is 5.57. The molecular weight excluding hydrogens is 308 g/mol. The minimum Gasteiger partial charge on any atom is -0.375 e. The number of aromatic amines is 1. The maximum absolute atomic E-state index is 5.57. The van der Waals surface area contributed by atoms with Crippen LogP contribution in [0.15, 0.2) is 25.3 Å². The summed E-state index contributed by atoms with van der Waals surface area (Å²) in [6.07, 6.45) is 11.4. The van der Waals surface area contributed by atoms with E-state index in [1.165, 1.54) is 38.4 Å². The number of thiocarbonyl (C=S) groups is 1. The fraction of sp³-hybridized carbons (Fsp3) is 0.500. The van der Waals surface area contributed by atoms with Gasteiger partial charge in [0.1, 0.15) is 11.8 Å². The van der Waals surface area contributed by atoms with Crippen LogP contribution in [-0.2, 0) is 0 Å².